The number of fused-ring (bicyclic) bond motifs is 4. The van der Waals surface area contributed by atoms with Crippen LogP contribution in [0, 0.1) is 19.3 Å². The fourth-order valence-corrected chi connectivity index (χ4v) is 6.18. The SMILES string of the molecule is Cc1cccc(C)c1-c1cc2nc(n1)NS(=O)(=O)c1cccc(c1)C(=O)N(Cc1cn(C)nn1)[C@H](CC(C)(C)C)CO2. The van der Waals surface area contributed by atoms with Gasteiger partial charge in [-0.3, -0.25) is 9.48 Å². The van der Waals surface area contributed by atoms with Crippen LogP contribution in [0.25, 0.3) is 11.3 Å². The van der Waals surface area contributed by atoms with Crippen molar-refractivity contribution in [2.75, 3.05) is 11.3 Å². The van der Waals surface area contributed by atoms with Gasteiger partial charge in [0.05, 0.1) is 23.2 Å². The first-order chi connectivity index (χ1) is 19.8. The zero-order valence-electron chi connectivity index (χ0n) is 24.6. The fraction of sp³-hybridized carbons (Fsp3) is 0.367. The smallest absolute Gasteiger partial charge is 0.264 e. The predicted octanol–water partition coefficient (Wildman–Crippen LogP) is 4.53. The number of carbonyl (C=O) groups excluding carboxylic acids is 1. The second kappa shape index (κ2) is 11.2. The van der Waals surface area contributed by atoms with E-state index in [2.05, 4.69) is 45.8 Å². The van der Waals surface area contributed by atoms with Gasteiger partial charge in [-0.2, -0.15) is 4.98 Å². The number of benzene rings is 2. The molecule has 5 rings (SSSR count). The minimum Gasteiger partial charge on any atom is -0.475 e. The van der Waals surface area contributed by atoms with Crippen molar-refractivity contribution >= 4 is 21.9 Å². The van der Waals surface area contributed by atoms with Gasteiger partial charge in [-0.05, 0) is 55.0 Å². The minimum absolute atomic E-state index is 0.0806. The van der Waals surface area contributed by atoms with E-state index in [0.29, 0.717) is 17.8 Å². The standard InChI is InChI=1S/C30H35N7O4S/c1-19-9-7-10-20(2)27(19)25-14-26-32-29(31-25)34-42(39,40)24-12-8-11-21(13-24)28(38)37(17-22-16-36(6)35-33-22)23(18-41-26)15-30(3,4)5/h7-14,16,23H,15,17-18H2,1-6H3,(H,31,32,34)/t23-/m1/s1. The van der Waals surface area contributed by atoms with E-state index in [-0.39, 0.29) is 46.8 Å². The number of hydrogen-bond donors (Lipinski definition) is 1. The molecule has 1 aliphatic heterocycles. The number of nitrogens with zero attached hydrogens (tertiary/aromatic N) is 6. The van der Waals surface area contributed by atoms with Crippen molar-refractivity contribution in [1.29, 1.82) is 0 Å². The van der Waals surface area contributed by atoms with Crippen LogP contribution in [0.4, 0.5) is 5.95 Å². The first kappa shape index (κ1) is 29.2. The Labute approximate surface area is 246 Å². The van der Waals surface area contributed by atoms with Crippen LogP contribution in [0.5, 0.6) is 5.88 Å². The lowest BCUT2D eigenvalue weighted by atomic mass is 9.87. The highest BCUT2D eigenvalue weighted by Crippen LogP contribution is 2.31. The predicted molar refractivity (Wildman–Crippen MR) is 158 cm³/mol. The number of nitrogens with one attached hydrogen (secondary N) is 1. The van der Waals surface area contributed by atoms with E-state index in [1.54, 1.807) is 41.0 Å². The summed E-state index contributed by atoms with van der Waals surface area (Å²) in [6.45, 7) is 10.5. The zero-order valence-corrected chi connectivity index (χ0v) is 25.4. The molecule has 0 radical (unpaired) electrons. The number of sulfonamides is 1. The highest BCUT2D eigenvalue weighted by atomic mass is 32.2. The van der Waals surface area contributed by atoms with E-state index < -0.39 is 16.1 Å². The van der Waals surface area contributed by atoms with Gasteiger partial charge in [0.1, 0.15) is 12.3 Å². The van der Waals surface area contributed by atoms with Crippen LogP contribution in [0.3, 0.4) is 0 Å². The highest BCUT2D eigenvalue weighted by Gasteiger charge is 2.32. The molecular formula is C30H35N7O4S. The highest BCUT2D eigenvalue weighted by molar-refractivity contribution is 7.92. The van der Waals surface area contributed by atoms with Crippen molar-refractivity contribution in [3.8, 4) is 17.1 Å². The molecule has 0 unspecified atom stereocenters. The van der Waals surface area contributed by atoms with Crippen LogP contribution >= 0.6 is 0 Å². The summed E-state index contributed by atoms with van der Waals surface area (Å²) in [6.07, 6.45) is 2.35. The second-order valence-electron chi connectivity index (χ2n) is 11.9. The molecule has 0 saturated heterocycles. The van der Waals surface area contributed by atoms with Gasteiger partial charge < -0.3 is 9.64 Å². The van der Waals surface area contributed by atoms with Crippen molar-refractivity contribution < 1.29 is 17.9 Å². The van der Waals surface area contributed by atoms with E-state index >= 15 is 0 Å². The van der Waals surface area contributed by atoms with Crippen LogP contribution in [-0.2, 0) is 23.6 Å². The van der Waals surface area contributed by atoms with E-state index in [1.807, 2.05) is 32.0 Å². The summed E-state index contributed by atoms with van der Waals surface area (Å²) in [4.78, 5) is 24.7. The number of aromatic nitrogens is 5. The molecular weight excluding hydrogens is 554 g/mol. The third-order valence-electron chi connectivity index (χ3n) is 7.01. The first-order valence-electron chi connectivity index (χ1n) is 13.7. The molecule has 0 spiro atoms. The fourth-order valence-electron chi connectivity index (χ4n) is 5.19. The third kappa shape index (κ3) is 6.43. The summed E-state index contributed by atoms with van der Waals surface area (Å²) < 4.78 is 37.4. The number of carbonyl (C=O) groups is 1. The molecule has 3 heterocycles. The van der Waals surface area contributed by atoms with Crippen LogP contribution in [0.2, 0.25) is 0 Å². The van der Waals surface area contributed by atoms with Gasteiger partial charge in [-0.15, -0.1) is 5.10 Å². The van der Waals surface area contributed by atoms with Gasteiger partial charge in [0.15, 0.2) is 0 Å². The van der Waals surface area contributed by atoms with Crippen LogP contribution in [0.15, 0.2) is 59.6 Å². The largest absolute Gasteiger partial charge is 0.475 e. The lowest BCUT2D eigenvalue weighted by Crippen LogP contribution is -2.45. The lowest BCUT2D eigenvalue weighted by molar-refractivity contribution is 0.0509. The van der Waals surface area contributed by atoms with Crippen molar-refractivity contribution in [3.05, 3.63) is 77.1 Å². The summed E-state index contributed by atoms with van der Waals surface area (Å²) >= 11 is 0. The Hall–Kier alpha value is -4.32. The number of amides is 1. The quantitative estimate of drug-likeness (QED) is 0.367. The van der Waals surface area contributed by atoms with Gasteiger partial charge >= 0.3 is 0 Å². The summed E-state index contributed by atoms with van der Waals surface area (Å²) in [5.41, 5.74) is 4.00. The molecule has 2 aromatic heterocycles. The average Bonchev–Trinajstić information content (AvgIpc) is 3.32. The Morgan fingerprint density at radius 2 is 1.76 bits per heavy atom. The number of rotatable bonds is 4. The van der Waals surface area contributed by atoms with Gasteiger partial charge in [-0.1, -0.05) is 50.3 Å². The molecule has 11 nitrogen and oxygen atoms in total. The van der Waals surface area contributed by atoms with E-state index in [4.69, 9.17) is 4.74 Å². The summed E-state index contributed by atoms with van der Waals surface area (Å²) in [7, 11) is -2.38. The van der Waals surface area contributed by atoms with Crippen molar-refractivity contribution in [3.63, 3.8) is 0 Å². The molecule has 1 N–H and O–H groups in total. The molecule has 12 heteroatoms. The van der Waals surface area contributed by atoms with Crippen molar-refractivity contribution in [1.82, 2.24) is 29.9 Å². The van der Waals surface area contributed by atoms with Crippen molar-refractivity contribution in [2.24, 2.45) is 12.5 Å². The third-order valence-corrected chi connectivity index (χ3v) is 8.34. The molecule has 1 atom stereocenters. The zero-order chi connectivity index (χ0) is 30.2. The van der Waals surface area contributed by atoms with Gasteiger partial charge in [-0.25, -0.2) is 18.1 Å². The number of anilines is 1. The van der Waals surface area contributed by atoms with E-state index in [9.17, 15) is 13.2 Å². The van der Waals surface area contributed by atoms with Gasteiger partial charge in [0, 0.05) is 30.4 Å². The summed E-state index contributed by atoms with van der Waals surface area (Å²) in [5, 5.41) is 8.24. The van der Waals surface area contributed by atoms with Gasteiger partial charge in [0.2, 0.25) is 11.8 Å². The molecule has 0 fully saturated rings. The van der Waals surface area contributed by atoms with Crippen LogP contribution < -0.4 is 9.46 Å². The molecule has 0 saturated carbocycles. The summed E-state index contributed by atoms with van der Waals surface area (Å²) in [5.74, 6) is -0.272. The molecule has 0 aliphatic carbocycles. The Bertz CT molecular complexity index is 1720. The maximum Gasteiger partial charge on any atom is 0.264 e. The van der Waals surface area contributed by atoms with E-state index in [1.165, 1.54) is 12.1 Å². The number of ether oxygens (including phenoxy) is 1. The first-order valence-corrected chi connectivity index (χ1v) is 15.1. The Kier molecular flexibility index (Phi) is 7.76. The number of hydrogen-bond acceptors (Lipinski definition) is 8. The molecule has 1 amide bonds. The molecule has 1 aliphatic rings. The van der Waals surface area contributed by atoms with Crippen molar-refractivity contribution in [2.45, 2.75) is 58.5 Å². The minimum atomic E-state index is -4.14. The summed E-state index contributed by atoms with van der Waals surface area (Å²) in [6, 6.07) is 13.2. The lowest BCUT2D eigenvalue weighted by Gasteiger charge is -2.35. The second-order valence-corrected chi connectivity index (χ2v) is 13.5. The van der Waals surface area contributed by atoms with Gasteiger partial charge in [0.25, 0.3) is 15.9 Å². The molecule has 4 aromatic rings. The normalized spacial score (nSPS) is 17.0. The monoisotopic (exact) mass is 589 g/mol. The topological polar surface area (TPSA) is 132 Å². The molecule has 42 heavy (non-hydrogen) atoms. The molecule has 2 aromatic carbocycles. The maximum atomic E-state index is 14.1. The Morgan fingerprint density at radius 1 is 1.05 bits per heavy atom. The van der Waals surface area contributed by atoms with Crippen LogP contribution in [0.1, 0.15) is 54.4 Å². The molecule has 220 valence electrons. The Morgan fingerprint density at radius 3 is 2.43 bits per heavy atom. The Balaban J connectivity index is 1.68. The molecule has 4 bridgehead atoms. The maximum absolute atomic E-state index is 14.1. The van der Waals surface area contributed by atoms with E-state index in [0.717, 1.165) is 16.7 Å². The number of aryl methyl sites for hydroxylation is 3. The average molecular weight is 590 g/mol. The van der Waals surface area contributed by atoms with Crippen LogP contribution in [-0.4, -0.2) is 56.8 Å².